The van der Waals surface area contributed by atoms with Crippen molar-refractivity contribution in [2.24, 2.45) is 0 Å². The first-order chi connectivity index (χ1) is 4.75. The Balaban J connectivity index is 3.46. The van der Waals surface area contributed by atoms with Crippen LogP contribution >= 0.6 is 0 Å². The number of pyridine rings is 1. The molecule has 0 aliphatic heterocycles. The lowest BCUT2D eigenvalue weighted by Gasteiger charge is -1.92. The van der Waals surface area contributed by atoms with Crippen LogP contribution in [0.2, 0.25) is 0 Å². The summed E-state index contributed by atoms with van der Waals surface area (Å²) in [6.45, 7) is 1.70. The number of hydrogen-bond donors (Lipinski definition) is 1. The minimum absolute atomic E-state index is 0.115. The SMILES string of the molecule is C#Cc1cc[nH]c(=O)c1C. The molecule has 0 aromatic carbocycles. The minimum Gasteiger partial charge on any atom is -0.329 e. The maximum Gasteiger partial charge on any atom is 0.252 e. The van der Waals surface area contributed by atoms with E-state index in [1.165, 1.54) is 0 Å². The third-order valence-electron chi connectivity index (χ3n) is 1.36. The fourth-order valence-corrected chi connectivity index (χ4v) is 0.713. The number of H-pyrrole nitrogens is 1. The Morgan fingerprint density at radius 2 is 2.40 bits per heavy atom. The zero-order chi connectivity index (χ0) is 7.56. The Morgan fingerprint density at radius 3 is 2.90 bits per heavy atom. The monoisotopic (exact) mass is 133 g/mol. The van der Waals surface area contributed by atoms with Gasteiger partial charge in [0.1, 0.15) is 0 Å². The Bertz CT molecular complexity index is 330. The van der Waals surface area contributed by atoms with E-state index in [1.54, 1.807) is 19.2 Å². The van der Waals surface area contributed by atoms with Crippen LogP contribution in [0.4, 0.5) is 0 Å². The molecule has 1 aromatic heterocycles. The van der Waals surface area contributed by atoms with Gasteiger partial charge in [-0.15, -0.1) is 6.42 Å². The van der Waals surface area contributed by atoms with Crippen LogP contribution in [-0.2, 0) is 0 Å². The predicted molar refractivity (Wildman–Crippen MR) is 39.7 cm³/mol. The van der Waals surface area contributed by atoms with Gasteiger partial charge in [0.2, 0.25) is 0 Å². The van der Waals surface area contributed by atoms with E-state index in [2.05, 4.69) is 10.9 Å². The molecule has 1 rings (SSSR count). The second kappa shape index (κ2) is 2.40. The van der Waals surface area contributed by atoms with Gasteiger partial charge in [0.15, 0.2) is 0 Å². The fraction of sp³-hybridized carbons (Fsp3) is 0.125. The molecule has 1 N–H and O–H groups in total. The first-order valence-corrected chi connectivity index (χ1v) is 2.90. The van der Waals surface area contributed by atoms with Gasteiger partial charge in [-0.1, -0.05) is 5.92 Å². The van der Waals surface area contributed by atoms with Crippen LogP contribution in [-0.4, -0.2) is 4.98 Å². The number of terminal acetylenes is 1. The molecule has 2 heteroatoms. The maximum atomic E-state index is 10.8. The summed E-state index contributed by atoms with van der Waals surface area (Å²) in [6.07, 6.45) is 6.66. The van der Waals surface area contributed by atoms with Gasteiger partial charge in [-0.2, -0.15) is 0 Å². The highest BCUT2D eigenvalue weighted by Gasteiger charge is 1.95. The molecule has 0 saturated heterocycles. The van der Waals surface area contributed by atoms with Crippen LogP contribution < -0.4 is 5.56 Å². The first-order valence-electron chi connectivity index (χ1n) is 2.90. The van der Waals surface area contributed by atoms with Crippen molar-refractivity contribution in [1.29, 1.82) is 0 Å². The molecule has 0 radical (unpaired) electrons. The highest BCUT2D eigenvalue weighted by molar-refractivity contribution is 5.36. The van der Waals surface area contributed by atoms with E-state index in [1.807, 2.05) is 0 Å². The van der Waals surface area contributed by atoms with E-state index in [9.17, 15) is 4.79 Å². The largest absolute Gasteiger partial charge is 0.329 e. The fourth-order valence-electron chi connectivity index (χ4n) is 0.713. The van der Waals surface area contributed by atoms with Gasteiger partial charge >= 0.3 is 0 Å². The molecule has 0 amide bonds. The van der Waals surface area contributed by atoms with E-state index in [4.69, 9.17) is 6.42 Å². The molecule has 50 valence electrons. The summed E-state index contributed by atoms with van der Waals surface area (Å²) in [6, 6.07) is 1.71. The van der Waals surface area contributed by atoms with Crippen molar-refractivity contribution >= 4 is 0 Å². The predicted octanol–water partition coefficient (Wildman–Crippen LogP) is 0.665. The molecule has 0 unspecified atom stereocenters. The van der Waals surface area contributed by atoms with Crippen LogP contribution in [0.5, 0.6) is 0 Å². The summed E-state index contributed by atoms with van der Waals surface area (Å²) in [5.41, 5.74) is 1.14. The van der Waals surface area contributed by atoms with Gasteiger partial charge in [-0.05, 0) is 13.0 Å². The lowest BCUT2D eigenvalue weighted by molar-refractivity contribution is 1.17. The molecule has 2 nitrogen and oxygen atoms in total. The standard InChI is InChI=1S/C8H7NO/c1-3-7-4-5-9-8(10)6(7)2/h1,4-5H,2H3,(H,9,10). The van der Waals surface area contributed by atoms with Crippen LogP contribution in [0.3, 0.4) is 0 Å². The average Bonchev–Trinajstić information content (AvgIpc) is 1.95. The molecule has 0 aliphatic carbocycles. The topological polar surface area (TPSA) is 32.9 Å². The van der Waals surface area contributed by atoms with E-state index in [0.29, 0.717) is 11.1 Å². The Labute approximate surface area is 58.9 Å². The zero-order valence-electron chi connectivity index (χ0n) is 5.64. The molecule has 10 heavy (non-hydrogen) atoms. The Morgan fingerprint density at radius 1 is 1.70 bits per heavy atom. The van der Waals surface area contributed by atoms with Crippen LogP contribution in [0.1, 0.15) is 11.1 Å². The van der Waals surface area contributed by atoms with Crippen molar-refractivity contribution in [2.75, 3.05) is 0 Å². The first kappa shape index (κ1) is 6.63. The number of aromatic amines is 1. The molecular formula is C8H7NO. The summed E-state index contributed by atoms with van der Waals surface area (Å²) in [5.74, 6) is 2.42. The molecule has 0 aliphatic rings. The van der Waals surface area contributed by atoms with Crippen molar-refractivity contribution < 1.29 is 0 Å². The summed E-state index contributed by atoms with van der Waals surface area (Å²) in [7, 11) is 0. The highest BCUT2D eigenvalue weighted by atomic mass is 16.1. The van der Waals surface area contributed by atoms with E-state index in [-0.39, 0.29) is 5.56 Å². The normalized spacial score (nSPS) is 8.80. The number of hydrogen-bond acceptors (Lipinski definition) is 1. The van der Waals surface area contributed by atoms with Crippen LogP contribution in [0.15, 0.2) is 17.1 Å². The molecule has 0 saturated carbocycles. The van der Waals surface area contributed by atoms with Crippen molar-refractivity contribution in [3.8, 4) is 12.3 Å². The smallest absolute Gasteiger partial charge is 0.252 e. The molecule has 0 spiro atoms. The lowest BCUT2D eigenvalue weighted by Crippen LogP contribution is -2.09. The molecular weight excluding hydrogens is 126 g/mol. The van der Waals surface area contributed by atoms with Gasteiger partial charge < -0.3 is 4.98 Å². The number of aromatic nitrogens is 1. The quantitative estimate of drug-likeness (QED) is 0.518. The number of rotatable bonds is 0. The van der Waals surface area contributed by atoms with Crippen LogP contribution in [0, 0.1) is 19.3 Å². The van der Waals surface area contributed by atoms with Crippen molar-refractivity contribution in [3.63, 3.8) is 0 Å². The van der Waals surface area contributed by atoms with Gasteiger partial charge in [0.25, 0.3) is 5.56 Å². The third kappa shape index (κ3) is 0.939. The van der Waals surface area contributed by atoms with E-state index >= 15 is 0 Å². The summed E-state index contributed by atoms with van der Waals surface area (Å²) < 4.78 is 0. The van der Waals surface area contributed by atoms with Gasteiger partial charge in [0, 0.05) is 17.3 Å². The maximum absolute atomic E-state index is 10.8. The Kier molecular flexibility index (Phi) is 1.59. The molecule has 0 bridgehead atoms. The summed E-state index contributed by atoms with van der Waals surface area (Å²) in [4.78, 5) is 13.4. The lowest BCUT2D eigenvalue weighted by atomic mass is 10.2. The van der Waals surface area contributed by atoms with E-state index < -0.39 is 0 Å². The second-order valence-corrected chi connectivity index (χ2v) is 1.99. The molecule has 1 heterocycles. The Hall–Kier alpha value is -1.49. The van der Waals surface area contributed by atoms with E-state index in [0.717, 1.165) is 0 Å². The van der Waals surface area contributed by atoms with Crippen molar-refractivity contribution in [1.82, 2.24) is 4.98 Å². The summed E-state index contributed by atoms with van der Waals surface area (Å²) in [5, 5.41) is 0. The highest BCUT2D eigenvalue weighted by Crippen LogP contribution is 1.96. The van der Waals surface area contributed by atoms with Gasteiger partial charge in [-0.3, -0.25) is 4.79 Å². The van der Waals surface area contributed by atoms with Crippen molar-refractivity contribution in [3.05, 3.63) is 33.7 Å². The van der Waals surface area contributed by atoms with Gasteiger partial charge in [0.05, 0.1) is 0 Å². The van der Waals surface area contributed by atoms with Gasteiger partial charge in [-0.25, -0.2) is 0 Å². The second-order valence-electron chi connectivity index (χ2n) is 1.99. The average molecular weight is 133 g/mol. The summed E-state index contributed by atoms with van der Waals surface area (Å²) >= 11 is 0. The van der Waals surface area contributed by atoms with Crippen molar-refractivity contribution in [2.45, 2.75) is 6.92 Å². The molecule has 0 fully saturated rings. The third-order valence-corrected chi connectivity index (χ3v) is 1.36. The van der Waals surface area contributed by atoms with Crippen LogP contribution in [0.25, 0.3) is 0 Å². The zero-order valence-corrected chi connectivity index (χ0v) is 5.64. The minimum atomic E-state index is -0.115. The molecule has 1 aromatic rings. The molecule has 0 atom stereocenters. The number of nitrogens with one attached hydrogen (secondary N) is 1.